The Morgan fingerprint density at radius 2 is 0.721 bits per heavy atom. The van der Waals surface area contributed by atoms with Crippen molar-refractivity contribution in [2.75, 3.05) is 0 Å². The number of rotatable bonds is 15. The fraction of sp³-hybridized carbons (Fsp3) is 0.250. The van der Waals surface area contributed by atoms with Crippen molar-refractivity contribution >= 4 is 28.8 Å². The van der Waals surface area contributed by atoms with Gasteiger partial charge in [0.2, 0.25) is 0 Å². The van der Waals surface area contributed by atoms with E-state index in [0.717, 1.165) is 33.9 Å². The summed E-state index contributed by atoms with van der Waals surface area (Å²) < 4.78 is 16.5. The fourth-order valence-electron chi connectivity index (χ4n) is 4.09. The van der Waals surface area contributed by atoms with Crippen LogP contribution in [0.4, 0.5) is 0 Å². The predicted octanol–water partition coefficient (Wildman–Crippen LogP) is 8.57. The maximum absolute atomic E-state index is 12.3. The summed E-state index contributed by atoms with van der Waals surface area (Å²) in [5, 5.41) is 0. The van der Waals surface area contributed by atoms with Gasteiger partial charge < -0.3 is 14.2 Å². The summed E-state index contributed by atoms with van der Waals surface area (Å²) in [5.74, 6) is -0.0256. The molecule has 0 aliphatic rings. The van der Waals surface area contributed by atoms with Gasteiger partial charge in [0.25, 0.3) is 0 Å². The summed E-state index contributed by atoms with van der Waals surface area (Å²) in [6.45, 7) is 17.4. The molecule has 0 atom stereocenters. The van der Waals surface area contributed by atoms with E-state index in [9.17, 15) is 14.4 Å². The molecule has 3 aromatic rings. The van der Waals surface area contributed by atoms with Crippen molar-refractivity contribution in [3.8, 4) is 17.2 Å². The molecule has 3 aromatic carbocycles. The molecule has 0 unspecified atom stereocenters. The highest BCUT2D eigenvalue weighted by Crippen LogP contribution is 2.34. The van der Waals surface area contributed by atoms with E-state index in [-0.39, 0.29) is 0 Å². The van der Waals surface area contributed by atoms with Gasteiger partial charge in [-0.25, -0.2) is 14.4 Å². The molecule has 0 aliphatic carbocycles. The Morgan fingerprint density at radius 1 is 0.488 bits per heavy atom. The average molecular weight is 600 g/mol. The minimum Gasteiger partial charge on any atom is -0.423 e. The SMILES string of the molecule is C=C(CCC)C(=O)Oc1ccc([S+](c2ccc(OC(=O)C(=C)CCC)cc2)c2ccc(OC(=O)C(=C)CCC)cc2)cc1. The van der Waals surface area contributed by atoms with Gasteiger partial charge >= 0.3 is 17.9 Å². The number of carbonyl (C=O) groups excluding carboxylic acids is 3. The maximum Gasteiger partial charge on any atom is 0.338 e. The molecule has 6 nitrogen and oxygen atoms in total. The summed E-state index contributed by atoms with van der Waals surface area (Å²) in [5.41, 5.74) is 1.30. The molecule has 0 amide bonds. The first-order valence-corrected chi connectivity index (χ1v) is 15.6. The maximum atomic E-state index is 12.3. The van der Waals surface area contributed by atoms with E-state index in [1.165, 1.54) is 0 Å². The first-order chi connectivity index (χ1) is 20.7. The van der Waals surface area contributed by atoms with Crippen LogP contribution in [0.2, 0.25) is 0 Å². The molecular weight excluding hydrogens is 560 g/mol. The smallest absolute Gasteiger partial charge is 0.338 e. The standard InChI is InChI=1S/C36H39O6S/c1-7-10-25(4)34(37)40-28-13-19-31(20-14-28)43(32-21-15-29(16-22-32)41-35(38)26(5)11-8-2)33-23-17-30(18-24-33)42-36(39)27(6)12-9-3/h13-24H,4-12H2,1-3H3/q+1. The van der Waals surface area contributed by atoms with Gasteiger partial charge in [-0.05, 0) is 92.1 Å². The lowest BCUT2D eigenvalue weighted by Gasteiger charge is -2.11. The second-order valence-electron chi connectivity index (χ2n) is 9.95. The molecule has 0 aliphatic heterocycles. The minimum atomic E-state index is -0.587. The third kappa shape index (κ3) is 9.58. The molecule has 7 heteroatoms. The summed E-state index contributed by atoms with van der Waals surface area (Å²) in [7, 11) is -0.587. The van der Waals surface area contributed by atoms with Crippen LogP contribution in [-0.4, -0.2) is 17.9 Å². The molecule has 224 valence electrons. The number of carbonyl (C=O) groups is 3. The van der Waals surface area contributed by atoms with Gasteiger partial charge in [-0.3, -0.25) is 0 Å². The Balaban J connectivity index is 1.89. The Bertz CT molecular complexity index is 1270. The van der Waals surface area contributed by atoms with Crippen LogP contribution in [0.25, 0.3) is 0 Å². The van der Waals surface area contributed by atoms with Gasteiger partial charge in [0.05, 0.1) is 10.9 Å². The first kappa shape index (κ1) is 33.1. The second kappa shape index (κ2) is 16.3. The van der Waals surface area contributed by atoms with Crippen molar-refractivity contribution < 1.29 is 28.6 Å². The molecule has 0 radical (unpaired) electrons. The third-order valence-electron chi connectivity index (χ3n) is 6.33. The lowest BCUT2D eigenvalue weighted by atomic mass is 10.2. The van der Waals surface area contributed by atoms with E-state index in [4.69, 9.17) is 14.2 Å². The van der Waals surface area contributed by atoms with Gasteiger partial charge in [-0.2, -0.15) is 0 Å². The van der Waals surface area contributed by atoms with Crippen molar-refractivity contribution in [1.29, 1.82) is 0 Å². The van der Waals surface area contributed by atoms with Gasteiger partial charge in [-0.15, -0.1) is 0 Å². The summed E-state index contributed by atoms with van der Waals surface area (Å²) in [4.78, 5) is 39.9. The molecule has 0 saturated carbocycles. The van der Waals surface area contributed by atoms with E-state index >= 15 is 0 Å². The molecule has 0 spiro atoms. The first-order valence-electron chi connectivity index (χ1n) is 14.4. The molecule has 0 saturated heterocycles. The highest BCUT2D eigenvalue weighted by atomic mass is 32.2. The summed E-state index contributed by atoms with van der Waals surface area (Å²) in [6.07, 6.45) is 4.18. The average Bonchev–Trinajstić information content (AvgIpc) is 3.00. The number of benzene rings is 3. The summed E-state index contributed by atoms with van der Waals surface area (Å²) in [6, 6.07) is 22.1. The van der Waals surface area contributed by atoms with E-state index in [0.29, 0.717) is 53.2 Å². The molecule has 0 aromatic heterocycles. The van der Waals surface area contributed by atoms with E-state index in [2.05, 4.69) is 19.7 Å². The van der Waals surface area contributed by atoms with E-state index in [1.54, 1.807) is 36.4 Å². The highest BCUT2D eigenvalue weighted by molar-refractivity contribution is 7.97. The van der Waals surface area contributed by atoms with Crippen LogP contribution in [0.3, 0.4) is 0 Å². The largest absolute Gasteiger partial charge is 0.423 e. The van der Waals surface area contributed by atoms with Gasteiger partial charge in [0.1, 0.15) is 17.2 Å². The molecular formula is C36H39O6S+. The van der Waals surface area contributed by atoms with Crippen LogP contribution in [0.5, 0.6) is 17.2 Å². The van der Waals surface area contributed by atoms with Crippen LogP contribution in [0.1, 0.15) is 59.3 Å². The number of ether oxygens (including phenoxy) is 3. The monoisotopic (exact) mass is 599 g/mol. The van der Waals surface area contributed by atoms with Crippen molar-refractivity contribution in [2.24, 2.45) is 0 Å². The van der Waals surface area contributed by atoms with Gasteiger partial charge in [0, 0.05) is 16.7 Å². The van der Waals surface area contributed by atoms with Crippen LogP contribution in [-0.2, 0) is 25.3 Å². The molecule has 0 heterocycles. The van der Waals surface area contributed by atoms with Crippen molar-refractivity contribution in [3.63, 3.8) is 0 Å². The van der Waals surface area contributed by atoms with Crippen molar-refractivity contribution in [1.82, 2.24) is 0 Å². The number of esters is 3. The zero-order valence-electron chi connectivity index (χ0n) is 25.1. The lowest BCUT2D eigenvalue weighted by Crippen LogP contribution is -2.11. The minimum absolute atomic E-state index is 0.429. The Kier molecular flexibility index (Phi) is 12.6. The van der Waals surface area contributed by atoms with Crippen molar-refractivity contribution in [2.45, 2.75) is 74.0 Å². The predicted molar refractivity (Wildman–Crippen MR) is 171 cm³/mol. The lowest BCUT2D eigenvalue weighted by molar-refractivity contribution is -0.131. The zero-order valence-corrected chi connectivity index (χ0v) is 26.0. The number of hydrogen-bond donors (Lipinski definition) is 0. The van der Waals surface area contributed by atoms with E-state index < -0.39 is 28.8 Å². The van der Waals surface area contributed by atoms with Crippen LogP contribution >= 0.6 is 0 Å². The fourth-order valence-corrected chi connectivity index (χ4v) is 6.13. The molecule has 0 bridgehead atoms. The van der Waals surface area contributed by atoms with Crippen LogP contribution in [0, 0.1) is 0 Å². The Hall–Kier alpha value is -4.36. The highest BCUT2D eigenvalue weighted by Gasteiger charge is 2.29. The Morgan fingerprint density at radius 3 is 0.930 bits per heavy atom. The van der Waals surface area contributed by atoms with Crippen molar-refractivity contribution in [3.05, 3.63) is 109 Å². The zero-order chi connectivity index (χ0) is 31.4. The molecule has 3 rings (SSSR count). The quantitative estimate of drug-likeness (QED) is 0.0754. The van der Waals surface area contributed by atoms with Gasteiger partial charge in [-0.1, -0.05) is 59.8 Å². The number of hydrogen-bond acceptors (Lipinski definition) is 6. The van der Waals surface area contributed by atoms with E-state index in [1.807, 2.05) is 57.2 Å². The summed E-state index contributed by atoms with van der Waals surface area (Å²) >= 11 is 0. The topological polar surface area (TPSA) is 78.9 Å². The van der Waals surface area contributed by atoms with Crippen LogP contribution in [0.15, 0.2) is 124 Å². The second-order valence-corrected chi connectivity index (χ2v) is 12.0. The molecule has 43 heavy (non-hydrogen) atoms. The Labute approximate surface area is 257 Å². The molecule has 0 N–H and O–H groups in total. The van der Waals surface area contributed by atoms with Crippen LogP contribution < -0.4 is 14.2 Å². The normalized spacial score (nSPS) is 10.6. The molecule has 0 fully saturated rings. The van der Waals surface area contributed by atoms with Gasteiger partial charge in [0.15, 0.2) is 14.7 Å². The third-order valence-corrected chi connectivity index (χ3v) is 8.56.